The third kappa shape index (κ3) is 6.08. The van der Waals surface area contributed by atoms with Crippen LogP contribution in [0.1, 0.15) is 50.8 Å². The molecule has 0 radical (unpaired) electrons. The maximum absolute atomic E-state index is 13.2. The van der Waals surface area contributed by atoms with Gasteiger partial charge in [-0.1, -0.05) is 43.3 Å². The molecule has 0 fully saturated rings. The number of hydrogen-bond donors (Lipinski definition) is 2. The lowest BCUT2D eigenvalue weighted by Crippen LogP contribution is -2.33. The highest BCUT2D eigenvalue weighted by Crippen LogP contribution is 2.30. The molecule has 6 nitrogen and oxygen atoms in total. The Morgan fingerprint density at radius 3 is 2.49 bits per heavy atom. The van der Waals surface area contributed by atoms with Crippen molar-refractivity contribution in [2.75, 3.05) is 37.0 Å². The molecule has 3 aromatic rings. The fraction of sp³-hybridized carbons (Fsp3) is 0.310. The quantitative estimate of drug-likeness (QED) is 0.439. The van der Waals surface area contributed by atoms with Crippen molar-refractivity contribution in [3.63, 3.8) is 0 Å². The van der Waals surface area contributed by atoms with Crippen molar-refractivity contribution in [1.82, 2.24) is 5.32 Å². The molecule has 0 aliphatic carbocycles. The lowest BCUT2D eigenvalue weighted by Gasteiger charge is -2.32. The number of fused-ring (bicyclic) bond motifs is 1. The van der Waals surface area contributed by atoms with Crippen LogP contribution in [0.3, 0.4) is 0 Å². The van der Waals surface area contributed by atoms with Crippen LogP contribution in [0.15, 0.2) is 66.7 Å². The van der Waals surface area contributed by atoms with Gasteiger partial charge in [-0.05, 0) is 66.3 Å². The standard InChI is InChI=1S/C29H33N3O3/c1-3-21-9-11-23(12-10-21)28(33)31-25-13-14-27(26(19-25)29(34)30-16-6-18-35-2)32-17-15-22-7-4-5-8-24(22)20-32/h4-5,7-14,19H,3,6,15-18,20H2,1-2H3,(H,30,34)(H,31,33). The predicted octanol–water partition coefficient (Wildman–Crippen LogP) is 4.83. The van der Waals surface area contributed by atoms with E-state index in [-0.39, 0.29) is 11.8 Å². The Kier molecular flexibility index (Phi) is 8.16. The number of nitrogens with one attached hydrogen (secondary N) is 2. The summed E-state index contributed by atoms with van der Waals surface area (Å²) in [7, 11) is 1.65. The van der Waals surface area contributed by atoms with Crippen molar-refractivity contribution in [1.29, 1.82) is 0 Å². The number of ether oxygens (including phenoxy) is 1. The van der Waals surface area contributed by atoms with Crippen molar-refractivity contribution in [2.24, 2.45) is 0 Å². The summed E-state index contributed by atoms with van der Waals surface area (Å²) in [6.45, 7) is 4.77. The highest BCUT2D eigenvalue weighted by molar-refractivity contribution is 6.06. The van der Waals surface area contributed by atoms with Crippen LogP contribution in [-0.4, -0.2) is 38.6 Å². The Morgan fingerprint density at radius 2 is 1.74 bits per heavy atom. The van der Waals surface area contributed by atoms with Crippen molar-refractivity contribution < 1.29 is 14.3 Å². The maximum atomic E-state index is 13.2. The smallest absolute Gasteiger partial charge is 0.255 e. The van der Waals surface area contributed by atoms with Gasteiger partial charge in [0.15, 0.2) is 0 Å². The molecule has 0 saturated heterocycles. The molecule has 182 valence electrons. The number of carbonyl (C=O) groups excluding carboxylic acids is 2. The van der Waals surface area contributed by atoms with E-state index in [1.54, 1.807) is 13.2 Å². The molecule has 0 aromatic heterocycles. The number of rotatable bonds is 9. The minimum absolute atomic E-state index is 0.154. The van der Waals surface area contributed by atoms with E-state index in [9.17, 15) is 9.59 Å². The topological polar surface area (TPSA) is 70.7 Å². The molecule has 1 aliphatic heterocycles. The molecule has 0 bridgehead atoms. The molecular formula is C29H33N3O3. The van der Waals surface area contributed by atoms with Gasteiger partial charge >= 0.3 is 0 Å². The molecule has 3 aromatic carbocycles. The van der Waals surface area contributed by atoms with E-state index in [0.717, 1.165) is 38.0 Å². The van der Waals surface area contributed by atoms with Gasteiger partial charge in [-0.2, -0.15) is 0 Å². The number of amides is 2. The Balaban J connectivity index is 1.57. The van der Waals surface area contributed by atoms with Gasteiger partial charge in [-0.25, -0.2) is 0 Å². The molecular weight excluding hydrogens is 438 g/mol. The molecule has 0 unspecified atom stereocenters. The Bertz CT molecular complexity index is 1170. The van der Waals surface area contributed by atoms with Crippen LogP contribution in [0.2, 0.25) is 0 Å². The average molecular weight is 472 g/mol. The molecule has 2 amide bonds. The number of methoxy groups -OCH3 is 1. The molecule has 0 saturated carbocycles. The van der Waals surface area contributed by atoms with E-state index in [4.69, 9.17) is 4.74 Å². The number of nitrogens with zero attached hydrogens (tertiary/aromatic N) is 1. The number of aryl methyl sites for hydroxylation is 1. The second-order valence-corrected chi connectivity index (χ2v) is 8.78. The summed E-state index contributed by atoms with van der Waals surface area (Å²) >= 11 is 0. The van der Waals surface area contributed by atoms with E-state index in [1.807, 2.05) is 36.4 Å². The minimum atomic E-state index is -0.196. The van der Waals surface area contributed by atoms with E-state index in [0.29, 0.717) is 30.0 Å². The first-order valence-electron chi connectivity index (χ1n) is 12.2. The van der Waals surface area contributed by atoms with Gasteiger partial charge in [-0.15, -0.1) is 0 Å². The molecule has 1 heterocycles. The zero-order valence-electron chi connectivity index (χ0n) is 20.5. The molecule has 1 aliphatic rings. The second-order valence-electron chi connectivity index (χ2n) is 8.78. The SMILES string of the molecule is CCc1ccc(C(=O)Nc2ccc(N3CCc4ccccc4C3)c(C(=O)NCCCOC)c2)cc1. The largest absolute Gasteiger partial charge is 0.385 e. The van der Waals surface area contributed by atoms with Crippen LogP contribution >= 0.6 is 0 Å². The van der Waals surface area contributed by atoms with Crippen molar-refractivity contribution in [2.45, 2.75) is 32.7 Å². The maximum Gasteiger partial charge on any atom is 0.255 e. The molecule has 0 atom stereocenters. The number of anilines is 2. The molecule has 4 rings (SSSR count). The van der Waals surface area contributed by atoms with E-state index < -0.39 is 0 Å². The number of hydrogen-bond acceptors (Lipinski definition) is 4. The molecule has 35 heavy (non-hydrogen) atoms. The van der Waals surface area contributed by atoms with Crippen LogP contribution in [0.5, 0.6) is 0 Å². The molecule has 6 heteroatoms. The monoisotopic (exact) mass is 471 g/mol. The third-order valence-electron chi connectivity index (χ3n) is 6.41. The van der Waals surface area contributed by atoms with Gasteiger partial charge in [0.2, 0.25) is 0 Å². The predicted molar refractivity (Wildman–Crippen MR) is 140 cm³/mol. The van der Waals surface area contributed by atoms with Gasteiger partial charge in [0.1, 0.15) is 0 Å². The molecule has 2 N–H and O–H groups in total. The lowest BCUT2D eigenvalue weighted by molar-refractivity contribution is 0.0947. The highest BCUT2D eigenvalue weighted by atomic mass is 16.5. The van der Waals surface area contributed by atoms with Crippen LogP contribution < -0.4 is 15.5 Å². The lowest BCUT2D eigenvalue weighted by atomic mass is 9.98. The van der Waals surface area contributed by atoms with Crippen LogP contribution in [0.25, 0.3) is 0 Å². The Morgan fingerprint density at radius 1 is 0.971 bits per heavy atom. The van der Waals surface area contributed by atoms with Gasteiger partial charge < -0.3 is 20.3 Å². The van der Waals surface area contributed by atoms with E-state index >= 15 is 0 Å². The zero-order chi connectivity index (χ0) is 24.6. The Hall–Kier alpha value is -3.64. The van der Waals surface area contributed by atoms with Gasteiger partial charge in [0.25, 0.3) is 11.8 Å². The van der Waals surface area contributed by atoms with Crippen LogP contribution in [-0.2, 0) is 24.1 Å². The third-order valence-corrected chi connectivity index (χ3v) is 6.41. The highest BCUT2D eigenvalue weighted by Gasteiger charge is 2.22. The fourth-order valence-electron chi connectivity index (χ4n) is 4.38. The average Bonchev–Trinajstić information content (AvgIpc) is 2.90. The second kappa shape index (κ2) is 11.7. The molecule has 0 spiro atoms. The summed E-state index contributed by atoms with van der Waals surface area (Å²) in [6.07, 6.45) is 2.59. The van der Waals surface area contributed by atoms with Gasteiger partial charge in [0.05, 0.1) is 5.56 Å². The van der Waals surface area contributed by atoms with Gasteiger partial charge in [0, 0.05) is 50.3 Å². The minimum Gasteiger partial charge on any atom is -0.385 e. The first kappa shape index (κ1) is 24.5. The summed E-state index contributed by atoms with van der Waals surface area (Å²) in [5.41, 5.74) is 6.42. The zero-order valence-corrected chi connectivity index (χ0v) is 20.5. The van der Waals surface area contributed by atoms with Crippen molar-refractivity contribution in [3.8, 4) is 0 Å². The normalized spacial score (nSPS) is 12.7. The van der Waals surface area contributed by atoms with E-state index in [1.165, 1.54) is 16.7 Å². The number of carbonyl (C=O) groups is 2. The van der Waals surface area contributed by atoms with E-state index in [2.05, 4.69) is 46.7 Å². The van der Waals surface area contributed by atoms with Crippen LogP contribution in [0.4, 0.5) is 11.4 Å². The van der Waals surface area contributed by atoms with Crippen molar-refractivity contribution >= 4 is 23.2 Å². The van der Waals surface area contributed by atoms with Gasteiger partial charge in [-0.3, -0.25) is 9.59 Å². The first-order chi connectivity index (χ1) is 17.1. The fourth-order valence-corrected chi connectivity index (χ4v) is 4.38. The van der Waals surface area contributed by atoms with Crippen molar-refractivity contribution in [3.05, 3.63) is 94.5 Å². The summed E-state index contributed by atoms with van der Waals surface area (Å²) in [4.78, 5) is 28.3. The summed E-state index contributed by atoms with van der Waals surface area (Å²) in [5.74, 6) is -0.350. The Labute approximate surface area is 207 Å². The summed E-state index contributed by atoms with van der Waals surface area (Å²) in [5, 5.41) is 5.95. The van der Waals surface area contributed by atoms with Crippen LogP contribution in [0, 0.1) is 0 Å². The summed E-state index contributed by atoms with van der Waals surface area (Å²) < 4.78 is 5.09. The summed E-state index contributed by atoms with van der Waals surface area (Å²) in [6, 6.07) is 21.6. The number of benzene rings is 3. The first-order valence-corrected chi connectivity index (χ1v) is 12.2.